The summed E-state index contributed by atoms with van der Waals surface area (Å²) in [6.45, 7) is 9.12. The molecule has 33 heavy (non-hydrogen) atoms. The number of nitrogens with zero attached hydrogens (tertiary/aromatic N) is 5. The molecular formula is C22H29ClN6O4. The van der Waals surface area contributed by atoms with Gasteiger partial charge >= 0.3 is 0 Å². The molecule has 3 aliphatic rings. The summed E-state index contributed by atoms with van der Waals surface area (Å²) in [5.41, 5.74) is 1.17. The normalized spacial score (nSPS) is 28.1. The molecule has 0 spiro atoms. The van der Waals surface area contributed by atoms with Crippen molar-refractivity contribution in [2.24, 2.45) is 0 Å². The van der Waals surface area contributed by atoms with E-state index in [4.69, 9.17) is 25.8 Å². The number of likely N-dealkylation sites (N-methyl/N-ethyl adjacent to an activating group) is 1. The predicted octanol–water partition coefficient (Wildman–Crippen LogP) is 1.31. The lowest BCUT2D eigenvalue weighted by Crippen LogP contribution is -2.45. The third-order valence-corrected chi connectivity index (χ3v) is 6.60. The summed E-state index contributed by atoms with van der Waals surface area (Å²) in [5.74, 6) is 1.19. The van der Waals surface area contributed by atoms with E-state index in [0.717, 1.165) is 39.3 Å². The smallest absolute Gasteiger partial charge is 0.237 e. The van der Waals surface area contributed by atoms with Gasteiger partial charge in [-0.15, -0.1) is 0 Å². The second kappa shape index (κ2) is 10.0. The largest absolute Gasteiger partial charge is 0.468 e. The molecule has 5 rings (SSSR count). The van der Waals surface area contributed by atoms with Crippen LogP contribution >= 0.6 is 11.6 Å². The zero-order valence-electron chi connectivity index (χ0n) is 18.6. The number of hydrogen-bond donors (Lipinski definition) is 2. The Labute approximate surface area is 197 Å². The summed E-state index contributed by atoms with van der Waals surface area (Å²) in [6, 6.07) is 3.98. The quantitative estimate of drug-likeness (QED) is 0.607. The first-order valence-corrected chi connectivity index (χ1v) is 11.7. The van der Waals surface area contributed by atoms with Gasteiger partial charge in [-0.05, 0) is 18.2 Å². The van der Waals surface area contributed by atoms with Crippen LogP contribution in [0.4, 0.5) is 11.8 Å². The average Bonchev–Trinajstić information content (AvgIpc) is 3.41. The number of piperazine rings is 1. The van der Waals surface area contributed by atoms with Crippen LogP contribution < -0.4 is 10.1 Å². The van der Waals surface area contributed by atoms with Crippen LogP contribution in [-0.2, 0) is 16.0 Å². The Kier molecular flexibility index (Phi) is 6.91. The molecule has 3 saturated heterocycles. The Balaban J connectivity index is 1.18. The maximum Gasteiger partial charge on any atom is 0.237 e. The predicted molar refractivity (Wildman–Crippen MR) is 122 cm³/mol. The lowest BCUT2D eigenvalue weighted by molar-refractivity contribution is 0.00782. The fraction of sp³-hybridized carbons (Fsp3) is 0.591. The standard InChI is InChI=1S/C22H29ClN6O4/c1-2-28-5-7-29(8-6-28)11-14-3-4-18(24-9-14)26-22-25-10-15(23)21(27-22)33-17-13-32-19-16(30)12-31-20(17)19/h3-4,9-10,16-17,19-20,30H,2,5-8,11-13H2,1H3,(H,24,25,26,27)/t16-,17-,19-,20-/m1/s1. The van der Waals surface area contributed by atoms with Crippen molar-refractivity contribution < 1.29 is 19.3 Å². The van der Waals surface area contributed by atoms with E-state index >= 15 is 0 Å². The summed E-state index contributed by atoms with van der Waals surface area (Å²) >= 11 is 6.25. The van der Waals surface area contributed by atoms with E-state index in [0.29, 0.717) is 18.4 Å². The molecule has 2 aromatic rings. The molecule has 0 aromatic carbocycles. The van der Waals surface area contributed by atoms with Crippen molar-refractivity contribution >= 4 is 23.4 Å². The van der Waals surface area contributed by atoms with Crippen molar-refractivity contribution in [3.8, 4) is 5.88 Å². The number of ether oxygens (including phenoxy) is 3. The summed E-state index contributed by atoms with van der Waals surface area (Å²) < 4.78 is 17.1. The molecule has 10 nitrogen and oxygen atoms in total. The van der Waals surface area contributed by atoms with Crippen molar-refractivity contribution in [2.45, 2.75) is 37.9 Å². The lowest BCUT2D eigenvalue weighted by atomic mass is 10.1. The molecule has 5 heterocycles. The zero-order valence-corrected chi connectivity index (χ0v) is 19.3. The van der Waals surface area contributed by atoms with Crippen LogP contribution in [0.5, 0.6) is 5.88 Å². The molecule has 11 heteroatoms. The Hall–Kier alpha value is -2.08. The number of pyridine rings is 1. The summed E-state index contributed by atoms with van der Waals surface area (Å²) in [5, 5.41) is 13.3. The molecule has 0 amide bonds. The van der Waals surface area contributed by atoms with E-state index in [1.54, 1.807) is 0 Å². The van der Waals surface area contributed by atoms with Crippen LogP contribution in [0.15, 0.2) is 24.5 Å². The molecule has 3 aliphatic heterocycles. The van der Waals surface area contributed by atoms with Crippen LogP contribution in [0.1, 0.15) is 12.5 Å². The maximum atomic E-state index is 9.90. The van der Waals surface area contributed by atoms with Crippen LogP contribution in [0.25, 0.3) is 0 Å². The number of aliphatic hydroxyl groups excluding tert-OH is 1. The molecule has 0 unspecified atom stereocenters. The van der Waals surface area contributed by atoms with E-state index in [2.05, 4.69) is 43.1 Å². The van der Waals surface area contributed by atoms with E-state index in [-0.39, 0.29) is 29.7 Å². The lowest BCUT2D eigenvalue weighted by Gasteiger charge is -2.33. The minimum Gasteiger partial charge on any atom is -0.468 e. The Morgan fingerprint density at radius 3 is 2.64 bits per heavy atom. The molecule has 2 aromatic heterocycles. The van der Waals surface area contributed by atoms with Gasteiger partial charge in [-0.3, -0.25) is 4.90 Å². The maximum absolute atomic E-state index is 9.90. The van der Waals surface area contributed by atoms with E-state index in [1.807, 2.05) is 12.3 Å². The van der Waals surface area contributed by atoms with Gasteiger partial charge in [0.05, 0.1) is 19.4 Å². The highest BCUT2D eigenvalue weighted by atomic mass is 35.5. The second-order valence-corrected chi connectivity index (χ2v) is 8.96. The molecule has 0 aliphatic carbocycles. The highest BCUT2D eigenvalue weighted by Gasteiger charge is 2.48. The van der Waals surface area contributed by atoms with Crippen LogP contribution in [-0.4, -0.2) is 100 Å². The first kappa shape index (κ1) is 22.7. The van der Waals surface area contributed by atoms with Crippen molar-refractivity contribution in [3.63, 3.8) is 0 Å². The van der Waals surface area contributed by atoms with Gasteiger partial charge in [0.1, 0.15) is 29.2 Å². The topological polar surface area (TPSA) is 105 Å². The number of rotatable bonds is 7. The number of hydrogen-bond acceptors (Lipinski definition) is 10. The van der Waals surface area contributed by atoms with Gasteiger partial charge in [0.25, 0.3) is 0 Å². The van der Waals surface area contributed by atoms with Crippen molar-refractivity contribution in [3.05, 3.63) is 35.1 Å². The third-order valence-electron chi connectivity index (χ3n) is 6.34. The second-order valence-electron chi connectivity index (χ2n) is 8.55. The Bertz CT molecular complexity index is 943. The molecular weight excluding hydrogens is 448 g/mol. The van der Waals surface area contributed by atoms with E-state index in [9.17, 15) is 5.11 Å². The SMILES string of the molecule is CCN1CCN(Cc2ccc(Nc3ncc(Cl)c(O[C@@H]4CO[C@H]5[C@@H]4OC[C@H]5O)n3)nc2)CC1. The Morgan fingerprint density at radius 2 is 1.88 bits per heavy atom. The van der Waals surface area contributed by atoms with Gasteiger partial charge in [-0.2, -0.15) is 4.98 Å². The minimum atomic E-state index is -0.642. The molecule has 0 bridgehead atoms. The molecule has 0 radical (unpaired) electrons. The van der Waals surface area contributed by atoms with Crippen LogP contribution in [0.2, 0.25) is 5.02 Å². The summed E-state index contributed by atoms with van der Waals surface area (Å²) in [7, 11) is 0. The molecule has 0 saturated carbocycles. The molecule has 178 valence electrons. The van der Waals surface area contributed by atoms with Crippen molar-refractivity contribution in [1.82, 2.24) is 24.8 Å². The zero-order chi connectivity index (χ0) is 22.8. The average molecular weight is 477 g/mol. The van der Waals surface area contributed by atoms with Gasteiger partial charge < -0.3 is 29.5 Å². The van der Waals surface area contributed by atoms with Gasteiger partial charge in [0, 0.05) is 38.9 Å². The number of aliphatic hydroxyl groups is 1. The fourth-order valence-electron chi connectivity index (χ4n) is 4.41. The number of nitrogens with one attached hydrogen (secondary N) is 1. The van der Waals surface area contributed by atoms with Gasteiger partial charge in [-0.1, -0.05) is 24.6 Å². The van der Waals surface area contributed by atoms with Gasteiger partial charge in [-0.25, -0.2) is 9.97 Å². The van der Waals surface area contributed by atoms with Gasteiger partial charge in [0.15, 0.2) is 6.10 Å². The number of halogens is 1. The highest BCUT2D eigenvalue weighted by Crippen LogP contribution is 2.32. The fourth-order valence-corrected chi connectivity index (χ4v) is 4.55. The first-order chi connectivity index (χ1) is 16.1. The van der Waals surface area contributed by atoms with E-state index < -0.39 is 12.2 Å². The Morgan fingerprint density at radius 1 is 1.09 bits per heavy atom. The first-order valence-electron chi connectivity index (χ1n) is 11.4. The molecule has 3 fully saturated rings. The van der Waals surface area contributed by atoms with Crippen LogP contribution in [0.3, 0.4) is 0 Å². The molecule has 2 N–H and O–H groups in total. The monoisotopic (exact) mass is 476 g/mol. The van der Waals surface area contributed by atoms with Crippen molar-refractivity contribution in [2.75, 3.05) is 51.3 Å². The third kappa shape index (κ3) is 5.21. The minimum absolute atomic E-state index is 0.232. The number of anilines is 2. The van der Waals surface area contributed by atoms with Gasteiger partial charge in [0.2, 0.25) is 11.8 Å². The summed E-state index contributed by atoms with van der Waals surface area (Å²) in [6.07, 6.45) is 1.59. The highest BCUT2D eigenvalue weighted by molar-refractivity contribution is 6.31. The van der Waals surface area contributed by atoms with Crippen molar-refractivity contribution in [1.29, 1.82) is 0 Å². The summed E-state index contributed by atoms with van der Waals surface area (Å²) in [4.78, 5) is 18.0. The molecule has 4 atom stereocenters. The number of aromatic nitrogens is 3. The number of fused-ring (bicyclic) bond motifs is 1. The van der Waals surface area contributed by atoms with E-state index in [1.165, 1.54) is 11.8 Å². The van der Waals surface area contributed by atoms with Crippen LogP contribution in [0, 0.1) is 0 Å².